The van der Waals surface area contributed by atoms with Gasteiger partial charge in [-0.25, -0.2) is 0 Å². The number of fused-ring (bicyclic) bond motifs is 5. The van der Waals surface area contributed by atoms with Gasteiger partial charge in [0, 0.05) is 29.3 Å². The van der Waals surface area contributed by atoms with Crippen molar-refractivity contribution in [2.75, 3.05) is 12.9 Å². The number of allylic oxidation sites excluding steroid dienone is 4. The minimum absolute atomic E-state index is 0.101. The van der Waals surface area contributed by atoms with Crippen LogP contribution in [-0.4, -0.2) is 24.2 Å². The van der Waals surface area contributed by atoms with Crippen LogP contribution in [0.1, 0.15) is 76.2 Å². The molecule has 1 aromatic rings. The first kappa shape index (κ1) is 20.3. The molecule has 2 nitrogen and oxygen atoms in total. The van der Waals surface area contributed by atoms with Crippen LogP contribution in [0.4, 0.5) is 0 Å². The Labute approximate surface area is 190 Å². The summed E-state index contributed by atoms with van der Waals surface area (Å²) < 4.78 is 6.62. The Morgan fingerprint density at radius 3 is 2.65 bits per heavy atom. The molecule has 5 atom stereocenters. The Balaban J connectivity index is 1.51. The average Bonchev–Trinajstić information content (AvgIpc) is 3.39. The standard InChI is InChI=1S/C28H34O2S/c1-27-17-24(18-4-8-21(31-2)9-5-18)26-22-11-7-20(29)16-19(22)6-10-23(26)25(27)12-14-28(27)13-3-15-30-28/h4-5,8-9,16,23-25H,3,6-7,10-15,17H2,1-2H3/t23?,24?,25?,27-,28-/m0/s1. The first-order valence-corrected chi connectivity index (χ1v) is 13.5. The minimum Gasteiger partial charge on any atom is -0.374 e. The molecule has 1 aliphatic heterocycles. The van der Waals surface area contributed by atoms with Crippen LogP contribution in [0.5, 0.6) is 0 Å². The summed E-state index contributed by atoms with van der Waals surface area (Å²) in [6, 6.07) is 9.37. The maximum atomic E-state index is 12.2. The number of hydrogen-bond donors (Lipinski definition) is 0. The van der Waals surface area contributed by atoms with Crippen molar-refractivity contribution in [3.8, 4) is 0 Å². The number of hydrogen-bond acceptors (Lipinski definition) is 3. The summed E-state index contributed by atoms with van der Waals surface area (Å²) in [5.74, 6) is 2.19. The lowest BCUT2D eigenvalue weighted by atomic mass is 9.51. The lowest BCUT2D eigenvalue weighted by molar-refractivity contribution is -0.114. The molecule has 5 aliphatic rings. The normalized spacial score (nSPS) is 39.4. The molecule has 0 N–H and O–H groups in total. The zero-order valence-electron chi connectivity index (χ0n) is 18.9. The van der Waals surface area contributed by atoms with Crippen LogP contribution in [0, 0.1) is 17.3 Å². The summed E-state index contributed by atoms with van der Waals surface area (Å²) in [6.07, 6.45) is 14.3. The van der Waals surface area contributed by atoms with Crippen LogP contribution in [0.2, 0.25) is 0 Å². The number of carbonyl (C=O) groups excluding carboxylic acids is 1. The quantitative estimate of drug-likeness (QED) is 0.476. The van der Waals surface area contributed by atoms with E-state index in [9.17, 15) is 4.79 Å². The average molecular weight is 435 g/mol. The first-order valence-electron chi connectivity index (χ1n) is 12.3. The molecule has 0 radical (unpaired) electrons. The lowest BCUT2D eigenvalue weighted by Crippen LogP contribution is -2.51. The van der Waals surface area contributed by atoms with E-state index in [1.807, 2.05) is 17.8 Å². The molecular formula is C28H34O2S. The van der Waals surface area contributed by atoms with Crippen molar-refractivity contribution in [1.29, 1.82) is 0 Å². The molecule has 1 aromatic carbocycles. The van der Waals surface area contributed by atoms with Gasteiger partial charge in [-0.3, -0.25) is 4.79 Å². The van der Waals surface area contributed by atoms with Crippen LogP contribution >= 0.6 is 11.8 Å². The predicted octanol–water partition coefficient (Wildman–Crippen LogP) is 6.86. The highest BCUT2D eigenvalue weighted by Crippen LogP contribution is 2.69. The van der Waals surface area contributed by atoms with Crippen LogP contribution < -0.4 is 0 Å². The van der Waals surface area contributed by atoms with Crippen molar-refractivity contribution >= 4 is 17.5 Å². The Morgan fingerprint density at radius 1 is 1.06 bits per heavy atom. The number of carbonyl (C=O) groups is 1. The topological polar surface area (TPSA) is 26.3 Å². The van der Waals surface area contributed by atoms with Gasteiger partial charge in [-0.05, 0) is 104 Å². The summed E-state index contributed by atoms with van der Waals surface area (Å²) in [4.78, 5) is 13.5. The highest BCUT2D eigenvalue weighted by Gasteiger charge is 2.64. The molecule has 1 spiro atoms. The Bertz CT molecular complexity index is 965. The second-order valence-electron chi connectivity index (χ2n) is 10.8. The summed E-state index contributed by atoms with van der Waals surface area (Å²) in [6.45, 7) is 3.53. The number of benzene rings is 1. The van der Waals surface area contributed by atoms with Crippen molar-refractivity contribution in [1.82, 2.24) is 0 Å². The van der Waals surface area contributed by atoms with Gasteiger partial charge in [-0.2, -0.15) is 0 Å². The molecule has 3 fully saturated rings. The molecular weight excluding hydrogens is 400 g/mol. The van der Waals surface area contributed by atoms with Crippen molar-refractivity contribution < 1.29 is 9.53 Å². The molecule has 1 heterocycles. The van der Waals surface area contributed by atoms with E-state index < -0.39 is 0 Å². The van der Waals surface area contributed by atoms with E-state index in [-0.39, 0.29) is 11.0 Å². The second kappa shape index (κ2) is 7.35. The number of rotatable bonds is 2. The van der Waals surface area contributed by atoms with E-state index in [1.165, 1.54) is 54.6 Å². The summed E-state index contributed by atoms with van der Waals surface area (Å²) >= 11 is 1.82. The van der Waals surface area contributed by atoms with E-state index >= 15 is 0 Å². The molecule has 3 unspecified atom stereocenters. The highest BCUT2D eigenvalue weighted by atomic mass is 32.2. The van der Waals surface area contributed by atoms with E-state index in [1.54, 1.807) is 11.1 Å². The zero-order chi connectivity index (χ0) is 21.2. The molecule has 3 heteroatoms. The van der Waals surface area contributed by atoms with Crippen LogP contribution in [0.25, 0.3) is 0 Å². The third-order valence-electron chi connectivity index (χ3n) is 9.65. The maximum Gasteiger partial charge on any atom is 0.156 e. The van der Waals surface area contributed by atoms with E-state index in [0.29, 0.717) is 24.0 Å². The van der Waals surface area contributed by atoms with E-state index in [2.05, 4.69) is 37.4 Å². The van der Waals surface area contributed by atoms with Gasteiger partial charge in [0.15, 0.2) is 5.78 Å². The zero-order valence-corrected chi connectivity index (χ0v) is 19.7. The van der Waals surface area contributed by atoms with Gasteiger partial charge in [0.25, 0.3) is 0 Å². The lowest BCUT2D eigenvalue weighted by Gasteiger charge is -2.55. The fourth-order valence-corrected chi connectivity index (χ4v) is 8.63. The predicted molar refractivity (Wildman–Crippen MR) is 126 cm³/mol. The Kier molecular flexibility index (Phi) is 4.81. The highest BCUT2D eigenvalue weighted by molar-refractivity contribution is 7.98. The van der Waals surface area contributed by atoms with Crippen molar-refractivity contribution in [2.45, 2.75) is 81.1 Å². The minimum atomic E-state index is 0.101. The van der Waals surface area contributed by atoms with Crippen LogP contribution in [0.3, 0.4) is 0 Å². The molecule has 0 aromatic heterocycles. The van der Waals surface area contributed by atoms with Crippen LogP contribution in [-0.2, 0) is 9.53 Å². The first-order chi connectivity index (χ1) is 15.0. The maximum absolute atomic E-state index is 12.2. The SMILES string of the molecule is CSc1ccc(C2C[C@@]3(C)C(CC[C@@]34CCCO4)C3CCC4=CC(=O)CCC4=C23)cc1. The van der Waals surface area contributed by atoms with Gasteiger partial charge in [-0.15, -0.1) is 11.8 Å². The second-order valence-corrected chi connectivity index (χ2v) is 11.6. The van der Waals surface area contributed by atoms with Gasteiger partial charge >= 0.3 is 0 Å². The largest absolute Gasteiger partial charge is 0.374 e. The summed E-state index contributed by atoms with van der Waals surface area (Å²) in [5, 5.41) is 0. The molecule has 4 aliphatic carbocycles. The van der Waals surface area contributed by atoms with Gasteiger partial charge in [0.05, 0.1) is 5.60 Å². The monoisotopic (exact) mass is 434 g/mol. The number of ketones is 1. The fourth-order valence-electron chi connectivity index (χ4n) is 8.22. The molecule has 0 amide bonds. The van der Waals surface area contributed by atoms with Crippen molar-refractivity contribution in [3.63, 3.8) is 0 Å². The van der Waals surface area contributed by atoms with E-state index in [4.69, 9.17) is 4.74 Å². The molecule has 164 valence electrons. The summed E-state index contributed by atoms with van der Waals surface area (Å²) in [5.41, 5.74) is 6.46. The Hall–Kier alpha value is -1.32. The fraction of sp³-hybridized carbons (Fsp3) is 0.607. The molecule has 31 heavy (non-hydrogen) atoms. The van der Waals surface area contributed by atoms with Gasteiger partial charge < -0.3 is 4.74 Å². The number of thioether (sulfide) groups is 1. The Morgan fingerprint density at radius 2 is 1.90 bits per heavy atom. The molecule has 1 saturated heterocycles. The third-order valence-corrected chi connectivity index (χ3v) is 10.4. The molecule has 0 bridgehead atoms. The third kappa shape index (κ3) is 2.92. The molecule has 6 rings (SSSR count). The van der Waals surface area contributed by atoms with Crippen molar-refractivity contribution in [2.24, 2.45) is 17.3 Å². The van der Waals surface area contributed by atoms with Gasteiger partial charge in [0.2, 0.25) is 0 Å². The molecule has 2 saturated carbocycles. The van der Waals surface area contributed by atoms with Gasteiger partial charge in [-0.1, -0.05) is 24.6 Å². The van der Waals surface area contributed by atoms with Crippen molar-refractivity contribution in [3.05, 3.63) is 52.6 Å². The number of ether oxygens (including phenoxy) is 1. The van der Waals surface area contributed by atoms with Gasteiger partial charge in [0.1, 0.15) is 0 Å². The van der Waals surface area contributed by atoms with E-state index in [0.717, 1.165) is 25.4 Å². The van der Waals surface area contributed by atoms with Crippen LogP contribution in [0.15, 0.2) is 52.0 Å². The smallest absolute Gasteiger partial charge is 0.156 e. The summed E-state index contributed by atoms with van der Waals surface area (Å²) in [7, 11) is 0.